The van der Waals surface area contributed by atoms with Crippen molar-refractivity contribution >= 4 is 29.0 Å². The third-order valence-corrected chi connectivity index (χ3v) is 4.70. The highest BCUT2D eigenvalue weighted by Crippen LogP contribution is 2.34. The number of anilines is 1. The van der Waals surface area contributed by atoms with E-state index in [1.165, 1.54) is 18.2 Å². The molecule has 0 aliphatic heterocycles. The molecule has 0 heterocycles. The zero-order chi connectivity index (χ0) is 21.1. The number of rotatable bonds is 6. The summed E-state index contributed by atoms with van der Waals surface area (Å²) < 4.78 is 18.8. The average molecular weight is 397 g/mol. The fraction of sp³-hybridized carbons (Fsp3) is 0.227. The summed E-state index contributed by atoms with van der Waals surface area (Å²) in [4.78, 5) is 37.0. The molecule has 0 atom stereocenters. The van der Waals surface area contributed by atoms with Crippen molar-refractivity contribution in [3.05, 3.63) is 70.0 Å². The Kier molecular flexibility index (Phi) is 5.77. The third kappa shape index (κ3) is 4.03. The summed E-state index contributed by atoms with van der Waals surface area (Å²) in [6, 6.07) is 8.57. The van der Waals surface area contributed by atoms with E-state index in [-0.39, 0.29) is 30.6 Å². The monoisotopic (exact) mass is 397 g/mol. The largest absolute Gasteiger partial charge is 0.506 e. The van der Waals surface area contributed by atoms with E-state index in [0.717, 1.165) is 6.07 Å². The topological polar surface area (TPSA) is 92.7 Å². The lowest BCUT2D eigenvalue weighted by Gasteiger charge is -2.21. The van der Waals surface area contributed by atoms with E-state index in [4.69, 9.17) is 4.74 Å². The summed E-state index contributed by atoms with van der Waals surface area (Å²) in [6.45, 7) is 1.96. The molecule has 7 heteroatoms. The summed E-state index contributed by atoms with van der Waals surface area (Å²) in [6.07, 6.45) is -0.253. The lowest BCUT2D eigenvalue weighted by atomic mass is 9.85. The van der Waals surface area contributed by atoms with E-state index in [1.807, 2.05) is 0 Å². The van der Waals surface area contributed by atoms with Crippen molar-refractivity contribution in [3.8, 4) is 0 Å². The van der Waals surface area contributed by atoms with Crippen LogP contribution in [0.25, 0.3) is 5.76 Å². The van der Waals surface area contributed by atoms with E-state index in [0.29, 0.717) is 22.4 Å². The van der Waals surface area contributed by atoms with Gasteiger partial charge >= 0.3 is 5.97 Å². The number of esters is 1. The molecule has 3 rings (SSSR count). The number of halogens is 1. The van der Waals surface area contributed by atoms with Crippen molar-refractivity contribution < 1.29 is 28.6 Å². The van der Waals surface area contributed by atoms with Gasteiger partial charge in [-0.05, 0) is 42.3 Å². The van der Waals surface area contributed by atoms with Crippen LogP contribution in [-0.4, -0.2) is 36.3 Å². The Labute approximate surface area is 167 Å². The summed E-state index contributed by atoms with van der Waals surface area (Å²) in [5.41, 5.74) is 1.56. The maximum atomic E-state index is 13.9. The van der Waals surface area contributed by atoms with E-state index < -0.39 is 29.1 Å². The molecule has 0 radical (unpaired) electrons. The van der Waals surface area contributed by atoms with Crippen molar-refractivity contribution in [2.24, 2.45) is 0 Å². The molecule has 2 aromatic rings. The van der Waals surface area contributed by atoms with Gasteiger partial charge in [-0.15, -0.1) is 0 Å². The molecular weight excluding hydrogens is 377 g/mol. The van der Waals surface area contributed by atoms with Gasteiger partial charge < -0.3 is 15.2 Å². The van der Waals surface area contributed by atoms with Crippen LogP contribution >= 0.6 is 0 Å². The molecule has 1 aliphatic carbocycles. The lowest BCUT2D eigenvalue weighted by molar-refractivity contribution is -0.120. The van der Waals surface area contributed by atoms with Crippen LogP contribution < -0.4 is 5.32 Å². The number of benzene rings is 2. The summed E-state index contributed by atoms with van der Waals surface area (Å²) >= 11 is 0. The number of allylic oxidation sites excluding steroid dienone is 1. The molecular formula is C22H20FNO5. The second kappa shape index (κ2) is 8.26. The molecule has 0 fully saturated rings. The van der Waals surface area contributed by atoms with Crippen LogP contribution in [-0.2, 0) is 27.2 Å². The van der Waals surface area contributed by atoms with Gasteiger partial charge in [-0.25, -0.2) is 9.18 Å². The molecule has 1 aliphatic rings. The predicted molar refractivity (Wildman–Crippen MR) is 105 cm³/mol. The number of ether oxygens (including phenoxy) is 1. The fourth-order valence-corrected chi connectivity index (χ4v) is 3.31. The maximum absolute atomic E-state index is 13.9. The molecule has 0 spiro atoms. The highest BCUT2D eigenvalue weighted by Gasteiger charge is 2.32. The van der Waals surface area contributed by atoms with Crippen LogP contribution in [0.15, 0.2) is 42.0 Å². The zero-order valence-corrected chi connectivity index (χ0v) is 16.0. The fourth-order valence-electron chi connectivity index (χ4n) is 3.31. The number of ketones is 2. The highest BCUT2D eigenvalue weighted by molar-refractivity contribution is 6.27. The molecule has 0 unspecified atom stereocenters. The molecule has 0 saturated carbocycles. The van der Waals surface area contributed by atoms with E-state index in [2.05, 4.69) is 5.32 Å². The number of aliphatic hydroxyl groups excluding tert-OH is 1. The van der Waals surface area contributed by atoms with Gasteiger partial charge in [-0.3, -0.25) is 9.59 Å². The third-order valence-electron chi connectivity index (χ3n) is 4.70. The van der Waals surface area contributed by atoms with Gasteiger partial charge in [-0.2, -0.15) is 0 Å². The Morgan fingerprint density at radius 1 is 1.21 bits per heavy atom. The van der Waals surface area contributed by atoms with E-state index in [1.54, 1.807) is 26.1 Å². The van der Waals surface area contributed by atoms with Gasteiger partial charge in [0.25, 0.3) is 0 Å². The molecule has 0 aromatic heterocycles. The van der Waals surface area contributed by atoms with Crippen LogP contribution in [0.4, 0.5) is 10.1 Å². The Bertz CT molecular complexity index is 1020. The number of carbonyl (C=O) groups excluding carboxylic acids is 3. The van der Waals surface area contributed by atoms with Crippen LogP contribution in [0.5, 0.6) is 0 Å². The Morgan fingerprint density at radius 3 is 2.52 bits per heavy atom. The number of hydrogen-bond acceptors (Lipinski definition) is 6. The number of aliphatic hydroxyl groups is 1. The number of fused-ring (bicyclic) bond motifs is 1. The van der Waals surface area contributed by atoms with Crippen LogP contribution in [0, 0.1) is 5.82 Å². The quantitative estimate of drug-likeness (QED) is 0.574. The smallest absolute Gasteiger partial charge is 0.338 e. The minimum atomic E-state index is -0.588. The molecule has 2 N–H and O–H groups in total. The zero-order valence-electron chi connectivity index (χ0n) is 16.0. The predicted octanol–water partition coefficient (Wildman–Crippen LogP) is 3.25. The molecule has 0 saturated heterocycles. The van der Waals surface area contributed by atoms with E-state index >= 15 is 0 Å². The second-order valence-corrected chi connectivity index (χ2v) is 6.57. The van der Waals surface area contributed by atoms with Gasteiger partial charge in [-0.1, -0.05) is 12.1 Å². The van der Waals surface area contributed by atoms with Crippen LogP contribution in [0.1, 0.15) is 34.0 Å². The molecule has 0 bridgehead atoms. The summed E-state index contributed by atoms with van der Waals surface area (Å²) in [7, 11) is 1.58. The number of Topliss-reactive ketones (excluding diaryl/α,β-unsaturated/α-hetero) is 2. The minimum absolute atomic E-state index is 0.112. The van der Waals surface area contributed by atoms with Crippen molar-refractivity contribution in [2.45, 2.75) is 19.8 Å². The van der Waals surface area contributed by atoms with Gasteiger partial charge in [0.05, 0.1) is 12.2 Å². The molecule has 6 nitrogen and oxygen atoms in total. The average Bonchev–Trinajstić information content (AvgIpc) is 2.69. The highest BCUT2D eigenvalue weighted by atomic mass is 19.1. The number of hydrogen-bond donors (Lipinski definition) is 2. The van der Waals surface area contributed by atoms with Gasteiger partial charge in [0.15, 0.2) is 11.6 Å². The summed E-state index contributed by atoms with van der Waals surface area (Å²) in [5.74, 6) is -2.66. The van der Waals surface area contributed by atoms with Gasteiger partial charge in [0, 0.05) is 31.1 Å². The van der Waals surface area contributed by atoms with Crippen LogP contribution in [0.3, 0.4) is 0 Å². The standard InChI is InChI=1S/C22H20FNO5/c1-3-29-22(28)13-6-4-12(5-7-13)8-18(25)20-19(26)11-15-16(21(20)27)9-14(23)10-17(15)24-2/h4-7,9-10,24,27H,3,8,11H2,1-2H3. The first-order valence-corrected chi connectivity index (χ1v) is 9.12. The first-order chi connectivity index (χ1) is 13.8. The van der Waals surface area contributed by atoms with Crippen molar-refractivity contribution in [1.29, 1.82) is 0 Å². The van der Waals surface area contributed by atoms with E-state index in [9.17, 15) is 23.9 Å². The molecule has 29 heavy (non-hydrogen) atoms. The minimum Gasteiger partial charge on any atom is -0.506 e. The first kappa shape index (κ1) is 20.3. The second-order valence-electron chi connectivity index (χ2n) is 6.57. The summed E-state index contributed by atoms with van der Waals surface area (Å²) in [5, 5.41) is 13.3. The normalized spacial score (nSPS) is 13.1. The van der Waals surface area contributed by atoms with Crippen molar-refractivity contribution in [3.63, 3.8) is 0 Å². The lowest BCUT2D eigenvalue weighted by Crippen LogP contribution is -2.24. The number of carbonyl (C=O) groups is 3. The Balaban J connectivity index is 1.89. The Hall–Kier alpha value is -3.48. The van der Waals surface area contributed by atoms with Gasteiger partial charge in [0.2, 0.25) is 0 Å². The molecule has 2 aromatic carbocycles. The molecule has 0 amide bonds. The Morgan fingerprint density at radius 2 is 1.90 bits per heavy atom. The van der Waals surface area contributed by atoms with Crippen molar-refractivity contribution in [2.75, 3.05) is 19.0 Å². The van der Waals surface area contributed by atoms with Crippen molar-refractivity contribution in [1.82, 2.24) is 0 Å². The van der Waals surface area contributed by atoms with Gasteiger partial charge in [0.1, 0.15) is 17.1 Å². The molecule has 150 valence electrons. The van der Waals surface area contributed by atoms with Crippen LogP contribution in [0.2, 0.25) is 0 Å². The maximum Gasteiger partial charge on any atom is 0.338 e. The SMILES string of the molecule is CCOC(=O)c1ccc(CC(=O)C2=C(O)c3cc(F)cc(NC)c3CC2=O)cc1. The first-order valence-electron chi connectivity index (χ1n) is 9.12. The number of nitrogens with one attached hydrogen (secondary N) is 1.